The van der Waals surface area contributed by atoms with Crippen LogP contribution in [0.3, 0.4) is 0 Å². The molecule has 0 aliphatic rings. The van der Waals surface area contributed by atoms with Crippen LogP contribution < -0.4 is 4.57 Å². The molecule has 2 nitrogen and oxygen atoms in total. The van der Waals surface area contributed by atoms with E-state index < -0.39 is 0 Å². The molecule has 0 atom stereocenters. The first-order valence-electron chi connectivity index (χ1n) is 6.54. The molecule has 0 saturated heterocycles. The van der Waals surface area contributed by atoms with Gasteiger partial charge in [0.15, 0.2) is 0 Å². The second-order valence-corrected chi connectivity index (χ2v) is 5.64. The molecule has 0 N–H and O–H groups in total. The highest BCUT2D eigenvalue weighted by molar-refractivity contribution is 4.87. The van der Waals surface area contributed by atoms with Gasteiger partial charge in [0.2, 0.25) is 0 Å². The highest BCUT2D eigenvalue weighted by Gasteiger charge is 2.23. The standard InChI is InChI=1S/C14H27N2/c1-6-7-8-9-10-15-11-12-16(13(15)2)14(3,4)5/h11-12H,6-10H2,1-5H3/q+1. The minimum Gasteiger partial charge on any atom is -0.234 e. The Balaban J connectivity index is 2.59. The summed E-state index contributed by atoms with van der Waals surface area (Å²) in [4.78, 5) is 0. The van der Waals surface area contributed by atoms with Gasteiger partial charge in [0, 0.05) is 6.92 Å². The van der Waals surface area contributed by atoms with Crippen molar-refractivity contribution in [2.24, 2.45) is 0 Å². The second-order valence-electron chi connectivity index (χ2n) is 5.64. The molecule has 1 aromatic rings. The van der Waals surface area contributed by atoms with Crippen LogP contribution in [0.25, 0.3) is 0 Å². The molecule has 0 unspecified atom stereocenters. The summed E-state index contributed by atoms with van der Waals surface area (Å²) in [7, 11) is 0. The minimum atomic E-state index is 0.193. The molecule has 0 saturated carbocycles. The summed E-state index contributed by atoms with van der Waals surface area (Å²) in [5.41, 5.74) is 0.193. The van der Waals surface area contributed by atoms with Crippen molar-refractivity contribution >= 4 is 0 Å². The van der Waals surface area contributed by atoms with Crippen LogP contribution in [0.2, 0.25) is 0 Å². The molecule has 0 fully saturated rings. The van der Waals surface area contributed by atoms with Gasteiger partial charge in [0.1, 0.15) is 17.9 Å². The first-order chi connectivity index (χ1) is 7.46. The van der Waals surface area contributed by atoms with Crippen molar-refractivity contribution < 1.29 is 4.57 Å². The van der Waals surface area contributed by atoms with Gasteiger partial charge in [-0.25, -0.2) is 9.13 Å². The molecule has 1 aromatic heterocycles. The average molecular weight is 223 g/mol. The number of hydrogen-bond acceptors (Lipinski definition) is 0. The number of hydrogen-bond donors (Lipinski definition) is 0. The van der Waals surface area contributed by atoms with E-state index in [-0.39, 0.29) is 5.54 Å². The van der Waals surface area contributed by atoms with Crippen molar-refractivity contribution in [3.8, 4) is 0 Å². The Hall–Kier alpha value is -0.790. The summed E-state index contributed by atoms with van der Waals surface area (Å²) < 4.78 is 4.73. The molecule has 16 heavy (non-hydrogen) atoms. The largest absolute Gasteiger partial charge is 0.253 e. The molecule has 0 aliphatic heterocycles. The van der Waals surface area contributed by atoms with E-state index in [1.807, 2.05) is 0 Å². The normalized spacial score (nSPS) is 12.1. The van der Waals surface area contributed by atoms with E-state index in [0.717, 1.165) is 6.54 Å². The monoisotopic (exact) mass is 223 g/mol. The van der Waals surface area contributed by atoms with E-state index in [1.54, 1.807) is 0 Å². The molecule has 0 radical (unpaired) electrons. The maximum atomic E-state index is 2.38. The fourth-order valence-electron chi connectivity index (χ4n) is 2.16. The highest BCUT2D eigenvalue weighted by atomic mass is 15.2. The molecule has 0 spiro atoms. The third kappa shape index (κ3) is 3.36. The lowest BCUT2D eigenvalue weighted by atomic mass is 10.1. The number of aromatic nitrogens is 2. The Labute approximate surface area is 100 Å². The van der Waals surface area contributed by atoms with Crippen molar-refractivity contribution in [1.82, 2.24) is 4.57 Å². The lowest BCUT2D eigenvalue weighted by Gasteiger charge is -2.16. The van der Waals surface area contributed by atoms with Gasteiger partial charge in [-0.3, -0.25) is 0 Å². The minimum absolute atomic E-state index is 0.193. The molecule has 0 amide bonds. The van der Waals surface area contributed by atoms with Gasteiger partial charge < -0.3 is 0 Å². The van der Waals surface area contributed by atoms with Gasteiger partial charge in [0.25, 0.3) is 5.82 Å². The van der Waals surface area contributed by atoms with E-state index in [1.165, 1.54) is 31.5 Å². The van der Waals surface area contributed by atoms with Crippen LogP contribution in [0.15, 0.2) is 12.4 Å². The van der Waals surface area contributed by atoms with Crippen LogP contribution >= 0.6 is 0 Å². The van der Waals surface area contributed by atoms with Crippen molar-refractivity contribution in [1.29, 1.82) is 0 Å². The second kappa shape index (κ2) is 5.51. The van der Waals surface area contributed by atoms with E-state index in [4.69, 9.17) is 0 Å². The molecule has 1 heterocycles. The first-order valence-corrected chi connectivity index (χ1v) is 6.54. The summed E-state index contributed by atoms with van der Waals surface area (Å²) >= 11 is 0. The topological polar surface area (TPSA) is 8.81 Å². The summed E-state index contributed by atoms with van der Waals surface area (Å²) in [5, 5.41) is 0. The van der Waals surface area contributed by atoms with Crippen LogP contribution in [0.1, 0.15) is 59.2 Å². The third-order valence-corrected chi connectivity index (χ3v) is 3.14. The van der Waals surface area contributed by atoms with E-state index in [9.17, 15) is 0 Å². The zero-order chi connectivity index (χ0) is 12.2. The summed E-state index contributed by atoms with van der Waals surface area (Å²) in [6.07, 6.45) is 9.74. The summed E-state index contributed by atoms with van der Waals surface area (Å²) in [6.45, 7) is 12.4. The molecule has 92 valence electrons. The molecule has 0 bridgehead atoms. The SMILES string of the molecule is CCCCCC[n+]1ccn(C(C)(C)C)c1C. The lowest BCUT2D eigenvalue weighted by molar-refractivity contribution is -0.703. The molecular formula is C14H27N2+. The van der Waals surface area contributed by atoms with Crippen LogP contribution in [0.5, 0.6) is 0 Å². The van der Waals surface area contributed by atoms with Crippen LogP contribution in [-0.4, -0.2) is 4.57 Å². The van der Waals surface area contributed by atoms with Crippen molar-refractivity contribution in [3.05, 3.63) is 18.2 Å². The van der Waals surface area contributed by atoms with Crippen LogP contribution in [0.4, 0.5) is 0 Å². The van der Waals surface area contributed by atoms with Gasteiger partial charge in [-0.15, -0.1) is 0 Å². The molecule has 0 aliphatic carbocycles. The maximum absolute atomic E-state index is 2.38. The van der Waals surface area contributed by atoms with Crippen LogP contribution in [-0.2, 0) is 12.1 Å². The molecule has 1 rings (SSSR count). The number of aryl methyl sites for hydroxylation is 1. The number of imidazole rings is 1. The number of unbranched alkanes of at least 4 members (excludes halogenated alkanes) is 3. The predicted molar refractivity (Wildman–Crippen MR) is 68.5 cm³/mol. The van der Waals surface area contributed by atoms with Gasteiger partial charge in [-0.1, -0.05) is 19.8 Å². The van der Waals surface area contributed by atoms with Crippen molar-refractivity contribution in [2.45, 2.75) is 72.4 Å². The van der Waals surface area contributed by atoms with Gasteiger partial charge in [0.05, 0.1) is 6.54 Å². The quantitative estimate of drug-likeness (QED) is 0.534. The van der Waals surface area contributed by atoms with Crippen molar-refractivity contribution in [2.75, 3.05) is 0 Å². The summed E-state index contributed by atoms with van der Waals surface area (Å²) in [5.74, 6) is 1.36. The summed E-state index contributed by atoms with van der Waals surface area (Å²) in [6, 6.07) is 0. The van der Waals surface area contributed by atoms with E-state index in [2.05, 4.69) is 56.1 Å². The number of nitrogens with zero attached hydrogens (tertiary/aromatic N) is 2. The highest BCUT2D eigenvalue weighted by Crippen LogP contribution is 2.14. The fraction of sp³-hybridized carbons (Fsp3) is 0.786. The Bertz CT molecular complexity index is 318. The van der Waals surface area contributed by atoms with Gasteiger partial charge in [-0.05, 0) is 33.6 Å². The molecule has 2 heteroatoms. The van der Waals surface area contributed by atoms with Crippen LogP contribution in [0, 0.1) is 6.92 Å². The Morgan fingerprint density at radius 3 is 2.38 bits per heavy atom. The zero-order valence-electron chi connectivity index (χ0n) is 11.6. The van der Waals surface area contributed by atoms with Gasteiger partial charge >= 0.3 is 0 Å². The average Bonchev–Trinajstić information content (AvgIpc) is 2.54. The van der Waals surface area contributed by atoms with Gasteiger partial charge in [-0.2, -0.15) is 0 Å². The fourth-order valence-corrected chi connectivity index (χ4v) is 2.16. The first kappa shape index (κ1) is 13.3. The molecule has 0 aromatic carbocycles. The smallest absolute Gasteiger partial charge is 0.234 e. The van der Waals surface area contributed by atoms with E-state index >= 15 is 0 Å². The van der Waals surface area contributed by atoms with E-state index in [0.29, 0.717) is 0 Å². The Morgan fingerprint density at radius 2 is 1.88 bits per heavy atom. The third-order valence-electron chi connectivity index (χ3n) is 3.14. The Kier molecular flexibility index (Phi) is 4.57. The Morgan fingerprint density at radius 1 is 1.19 bits per heavy atom. The lowest BCUT2D eigenvalue weighted by Crippen LogP contribution is -2.37. The predicted octanol–water partition coefficient (Wildman–Crippen LogP) is 3.42. The maximum Gasteiger partial charge on any atom is 0.253 e. The number of rotatable bonds is 5. The van der Waals surface area contributed by atoms with Crippen molar-refractivity contribution in [3.63, 3.8) is 0 Å². The molecular weight excluding hydrogens is 196 g/mol. The zero-order valence-corrected chi connectivity index (χ0v) is 11.6.